The van der Waals surface area contributed by atoms with E-state index in [4.69, 9.17) is 4.74 Å². The summed E-state index contributed by atoms with van der Waals surface area (Å²) in [4.78, 5) is 22.0. The fraction of sp³-hybridized carbons (Fsp3) is 0.250. The number of carbonyl (C=O) groups excluding carboxylic acids is 1. The first kappa shape index (κ1) is 20.3. The average molecular weight is 420 g/mol. The Morgan fingerprint density at radius 1 is 1.07 bits per heavy atom. The van der Waals surface area contributed by atoms with Crippen molar-refractivity contribution in [3.63, 3.8) is 0 Å². The second-order valence-corrected chi connectivity index (χ2v) is 8.25. The van der Waals surface area contributed by atoms with Crippen molar-refractivity contribution in [1.82, 2.24) is 4.90 Å². The molecule has 0 spiro atoms. The van der Waals surface area contributed by atoms with E-state index in [0.717, 1.165) is 42.7 Å². The Bertz CT molecular complexity index is 990. The Kier molecular flexibility index (Phi) is 6.23. The summed E-state index contributed by atoms with van der Waals surface area (Å²) in [7, 11) is 0. The number of hydrogen-bond donors (Lipinski definition) is 0. The zero-order valence-electron chi connectivity index (χ0n) is 17.1. The number of aryl methyl sites for hydroxylation is 1. The van der Waals surface area contributed by atoms with Crippen LogP contribution in [-0.4, -0.2) is 48.8 Å². The van der Waals surface area contributed by atoms with Crippen LogP contribution in [0.4, 0.5) is 5.69 Å². The maximum atomic E-state index is 12.4. The maximum absolute atomic E-state index is 12.4. The number of rotatable bonds is 5. The van der Waals surface area contributed by atoms with Gasteiger partial charge < -0.3 is 14.5 Å². The van der Waals surface area contributed by atoms with Gasteiger partial charge in [0.15, 0.2) is 5.17 Å². The topological polar surface area (TPSA) is 45.1 Å². The van der Waals surface area contributed by atoms with Crippen LogP contribution in [0.3, 0.4) is 0 Å². The molecule has 2 heterocycles. The van der Waals surface area contributed by atoms with Gasteiger partial charge in [-0.25, -0.2) is 0 Å². The fourth-order valence-electron chi connectivity index (χ4n) is 3.56. The largest absolute Gasteiger partial charge is 0.490 e. The van der Waals surface area contributed by atoms with Gasteiger partial charge in [-0.2, -0.15) is 4.99 Å². The summed E-state index contributed by atoms with van der Waals surface area (Å²) < 4.78 is 5.50. The molecule has 0 aromatic heterocycles. The number of para-hydroxylation sites is 1. The standard InChI is InChI=1S/C24H25N3O2S/c1-3-16-29-20-10-8-19(9-11-20)17-22-23(28)25-24(30-22)27-14-12-26(13-15-27)21-7-5-4-6-18(21)2/h3-11,17H,1,12-16H2,2H3/b22-17+. The highest BCUT2D eigenvalue weighted by Gasteiger charge is 2.28. The Balaban J connectivity index is 1.37. The van der Waals surface area contributed by atoms with Crippen molar-refractivity contribution in [1.29, 1.82) is 0 Å². The number of amides is 1. The van der Waals surface area contributed by atoms with Gasteiger partial charge in [-0.15, -0.1) is 0 Å². The Hall–Kier alpha value is -2.99. The van der Waals surface area contributed by atoms with E-state index in [1.165, 1.54) is 23.0 Å². The molecule has 0 radical (unpaired) electrons. The second-order valence-electron chi connectivity index (χ2n) is 7.24. The van der Waals surface area contributed by atoms with Crippen molar-refractivity contribution in [2.45, 2.75) is 6.92 Å². The van der Waals surface area contributed by atoms with Crippen LogP contribution in [0.15, 0.2) is 71.1 Å². The summed E-state index contributed by atoms with van der Waals surface area (Å²) in [6.07, 6.45) is 3.60. The van der Waals surface area contributed by atoms with Crippen LogP contribution in [0.25, 0.3) is 6.08 Å². The molecule has 1 fully saturated rings. The smallest absolute Gasteiger partial charge is 0.286 e. The number of carbonyl (C=O) groups is 1. The normalized spacial score (nSPS) is 18.0. The molecule has 2 aromatic rings. The first-order valence-electron chi connectivity index (χ1n) is 10.1. The van der Waals surface area contributed by atoms with Gasteiger partial charge in [-0.3, -0.25) is 4.79 Å². The van der Waals surface area contributed by atoms with Crippen molar-refractivity contribution < 1.29 is 9.53 Å². The third-order valence-corrected chi connectivity index (χ3v) is 6.21. The molecular weight excluding hydrogens is 394 g/mol. The van der Waals surface area contributed by atoms with E-state index in [0.29, 0.717) is 11.5 Å². The maximum Gasteiger partial charge on any atom is 0.286 e. The monoisotopic (exact) mass is 419 g/mol. The molecule has 1 saturated heterocycles. The zero-order valence-corrected chi connectivity index (χ0v) is 17.9. The molecule has 0 bridgehead atoms. The van der Waals surface area contributed by atoms with E-state index in [9.17, 15) is 4.79 Å². The van der Waals surface area contributed by atoms with Crippen LogP contribution in [0.2, 0.25) is 0 Å². The highest BCUT2D eigenvalue weighted by molar-refractivity contribution is 8.18. The van der Waals surface area contributed by atoms with Gasteiger partial charge in [0.25, 0.3) is 5.91 Å². The molecule has 1 amide bonds. The minimum absolute atomic E-state index is 0.164. The number of anilines is 1. The Morgan fingerprint density at radius 3 is 2.47 bits per heavy atom. The predicted molar refractivity (Wildman–Crippen MR) is 125 cm³/mol. The lowest BCUT2D eigenvalue weighted by molar-refractivity contribution is -0.113. The molecule has 154 valence electrons. The lowest BCUT2D eigenvalue weighted by Crippen LogP contribution is -2.48. The van der Waals surface area contributed by atoms with Crippen LogP contribution in [-0.2, 0) is 4.79 Å². The van der Waals surface area contributed by atoms with Gasteiger partial charge in [-0.05, 0) is 54.1 Å². The first-order chi connectivity index (χ1) is 14.6. The molecule has 0 N–H and O–H groups in total. The quantitative estimate of drug-likeness (QED) is 0.533. The zero-order chi connectivity index (χ0) is 20.9. The van der Waals surface area contributed by atoms with E-state index >= 15 is 0 Å². The number of piperazine rings is 1. The van der Waals surface area contributed by atoms with E-state index in [2.05, 4.69) is 52.6 Å². The predicted octanol–water partition coefficient (Wildman–Crippen LogP) is 4.35. The molecule has 6 heteroatoms. The molecule has 2 aliphatic heterocycles. The van der Waals surface area contributed by atoms with Crippen LogP contribution >= 0.6 is 11.8 Å². The number of ether oxygens (including phenoxy) is 1. The molecular formula is C24H25N3O2S. The van der Waals surface area contributed by atoms with Crippen molar-refractivity contribution in [3.8, 4) is 5.75 Å². The third kappa shape index (κ3) is 4.60. The summed E-state index contributed by atoms with van der Waals surface area (Å²) in [6, 6.07) is 16.1. The lowest BCUT2D eigenvalue weighted by atomic mass is 10.1. The van der Waals surface area contributed by atoms with Crippen molar-refractivity contribution >= 4 is 34.6 Å². The highest BCUT2D eigenvalue weighted by Crippen LogP contribution is 2.31. The second kappa shape index (κ2) is 9.22. The van der Waals surface area contributed by atoms with E-state index in [1.807, 2.05) is 30.3 Å². The summed E-state index contributed by atoms with van der Waals surface area (Å²) in [5.74, 6) is 0.620. The number of amidine groups is 1. The number of aliphatic imine (C=N–C) groups is 1. The molecule has 4 rings (SSSR count). The minimum Gasteiger partial charge on any atom is -0.490 e. The number of benzene rings is 2. The molecule has 30 heavy (non-hydrogen) atoms. The summed E-state index contributed by atoms with van der Waals surface area (Å²) in [5.41, 5.74) is 3.54. The van der Waals surface area contributed by atoms with Gasteiger partial charge in [0.05, 0.1) is 4.91 Å². The summed E-state index contributed by atoms with van der Waals surface area (Å²) in [6.45, 7) is 9.82. The molecule has 0 saturated carbocycles. The Morgan fingerprint density at radius 2 is 1.77 bits per heavy atom. The van der Waals surface area contributed by atoms with Gasteiger partial charge in [0, 0.05) is 31.9 Å². The number of nitrogens with zero attached hydrogens (tertiary/aromatic N) is 3. The average Bonchev–Trinajstić information content (AvgIpc) is 3.14. The molecule has 0 aliphatic carbocycles. The van der Waals surface area contributed by atoms with Crippen molar-refractivity contribution in [2.75, 3.05) is 37.7 Å². The van der Waals surface area contributed by atoms with Crippen LogP contribution < -0.4 is 9.64 Å². The minimum atomic E-state index is -0.164. The van der Waals surface area contributed by atoms with Gasteiger partial charge in [0.1, 0.15) is 12.4 Å². The van der Waals surface area contributed by atoms with E-state index in [-0.39, 0.29) is 5.91 Å². The SMILES string of the molecule is C=CCOc1ccc(/C=C2/SC(N3CCN(c4ccccc4C)CC3)=NC2=O)cc1. The molecule has 2 aliphatic rings. The van der Waals surface area contributed by atoms with Gasteiger partial charge >= 0.3 is 0 Å². The number of hydrogen-bond acceptors (Lipinski definition) is 5. The van der Waals surface area contributed by atoms with Crippen molar-refractivity contribution in [3.05, 3.63) is 77.2 Å². The lowest BCUT2D eigenvalue weighted by Gasteiger charge is -2.37. The summed E-state index contributed by atoms with van der Waals surface area (Å²) >= 11 is 1.46. The molecule has 0 atom stereocenters. The van der Waals surface area contributed by atoms with Crippen LogP contribution in [0, 0.1) is 6.92 Å². The van der Waals surface area contributed by atoms with Crippen molar-refractivity contribution in [2.24, 2.45) is 4.99 Å². The fourth-order valence-corrected chi connectivity index (χ4v) is 4.52. The van der Waals surface area contributed by atoms with Crippen LogP contribution in [0.5, 0.6) is 5.75 Å². The first-order valence-corrected chi connectivity index (χ1v) is 10.9. The molecule has 0 unspecified atom stereocenters. The van der Waals surface area contributed by atoms with E-state index in [1.54, 1.807) is 6.08 Å². The third-order valence-electron chi connectivity index (χ3n) is 5.16. The van der Waals surface area contributed by atoms with Gasteiger partial charge in [-0.1, -0.05) is 43.0 Å². The summed E-state index contributed by atoms with van der Waals surface area (Å²) in [5, 5.41) is 0.807. The molecule has 5 nitrogen and oxygen atoms in total. The van der Waals surface area contributed by atoms with E-state index < -0.39 is 0 Å². The van der Waals surface area contributed by atoms with Gasteiger partial charge in [0.2, 0.25) is 0 Å². The highest BCUT2D eigenvalue weighted by atomic mass is 32.2. The Labute approximate surface area is 181 Å². The van der Waals surface area contributed by atoms with Crippen LogP contribution in [0.1, 0.15) is 11.1 Å². The molecule has 2 aromatic carbocycles. The number of thioether (sulfide) groups is 1.